The summed E-state index contributed by atoms with van der Waals surface area (Å²) in [7, 11) is 0. The first-order valence-corrected chi connectivity index (χ1v) is 8.28. The number of thiophene rings is 1. The van der Waals surface area contributed by atoms with Gasteiger partial charge in [-0.25, -0.2) is 0 Å². The molecule has 6 heteroatoms. The SMILES string of the molecule is NC(=O)CSc1ccccc1NCc1sccc1Br. The molecular weight excluding hydrogens is 344 g/mol. The van der Waals surface area contributed by atoms with Crippen molar-refractivity contribution in [3.8, 4) is 0 Å². The first-order chi connectivity index (χ1) is 9.16. The third-order valence-corrected chi connectivity index (χ3v) is 5.41. The first kappa shape index (κ1) is 14.4. The van der Waals surface area contributed by atoms with E-state index in [1.54, 1.807) is 11.3 Å². The van der Waals surface area contributed by atoms with E-state index in [0.29, 0.717) is 5.75 Å². The third kappa shape index (κ3) is 4.26. The fourth-order valence-corrected chi connectivity index (χ4v) is 3.71. The second-order valence-corrected chi connectivity index (χ2v) is 6.67. The molecule has 3 nitrogen and oxygen atoms in total. The molecule has 1 amide bonds. The number of primary amides is 1. The Morgan fingerprint density at radius 1 is 1.37 bits per heavy atom. The van der Waals surface area contributed by atoms with Gasteiger partial charge in [0.1, 0.15) is 0 Å². The molecule has 3 N–H and O–H groups in total. The number of amides is 1. The predicted molar refractivity (Wildman–Crippen MR) is 85.7 cm³/mol. The van der Waals surface area contributed by atoms with Crippen LogP contribution in [-0.4, -0.2) is 11.7 Å². The average Bonchev–Trinajstić information content (AvgIpc) is 2.80. The van der Waals surface area contributed by atoms with Crippen LogP contribution in [0.5, 0.6) is 0 Å². The molecule has 0 bridgehead atoms. The molecule has 0 atom stereocenters. The van der Waals surface area contributed by atoms with Gasteiger partial charge in [0.25, 0.3) is 0 Å². The summed E-state index contributed by atoms with van der Waals surface area (Å²) < 4.78 is 1.12. The van der Waals surface area contributed by atoms with Gasteiger partial charge in [0.2, 0.25) is 5.91 Å². The van der Waals surface area contributed by atoms with E-state index in [0.717, 1.165) is 21.6 Å². The molecule has 0 radical (unpaired) electrons. The van der Waals surface area contributed by atoms with E-state index < -0.39 is 0 Å². The molecule has 0 spiro atoms. The number of hydrogen-bond acceptors (Lipinski definition) is 4. The quantitative estimate of drug-likeness (QED) is 0.775. The number of rotatable bonds is 6. The van der Waals surface area contributed by atoms with Crippen LogP contribution in [0.25, 0.3) is 0 Å². The highest BCUT2D eigenvalue weighted by Crippen LogP contribution is 2.29. The van der Waals surface area contributed by atoms with Crippen molar-refractivity contribution in [1.82, 2.24) is 0 Å². The number of nitrogens with one attached hydrogen (secondary N) is 1. The second kappa shape index (κ2) is 6.98. The maximum absolute atomic E-state index is 10.8. The van der Waals surface area contributed by atoms with Gasteiger partial charge in [-0.05, 0) is 39.5 Å². The van der Waals surface area contributed by atoms with E-state index in [1.807, 2.05) is 30.3 Å². The Labute approximate surface area is 128 Å². The monoisotopic (exact) mass is 356 g/mol. The first-order valence-electron chi connectivity index (χ1n) is 5.62. The summed E-state index contributed by atoms with van der Waals surface area (Å²) in [6.45, 7) is 0.756. The Balaban J connectivity index is 2.03. The van der Waals surface area contributed by atoms with Crippen LogP contribution in [0.4, 0.5) is 5.69 Å². The Morgan fingerprint density at radius 3 is 2.84 bits per heavy atom. The van der Waals surface area contributed by atoms with Crippen LogP contribution in [-0.2, 0) is 11.3 Å². The van der Waals surface area contributed by atoms with E-state index in [4.69, 9.17) is 5.73 Å². The van der Waals surface area contributed by atoms with Crippen LogP contribution in [0.15, 0.2) is 45.1 Å². The van der Waals surface area contributed by atoms with Crippen LogP contribution in [0.1, 0.15) is 4.88 Å². The molecule has 0 saturated carbocycles. The van der Waals surface area contributed by atoms with Crippen LogP contribution in [0, 0.1) is 0 Å². The minimum Gasteiger partial charge on any atom is -0.379 e. The summed E-state index contributed by atoms with van der Waals surface area (Å²) in [5.41, 5.74) is 6.20. The summed E-state index contributed by atoms with van der Waals surface area (Å²) >= 11 is 6.67. The lowest BCUT2D eigenvalue weighted by Crippen LogP contribution is -2.13. The minimum atomic E-state index is -0.305. The van der Waals surface area contributed by atoms with Crippen molar-refractivity contribution in [1.29, 1.82) is 0 Å². The minimum absolute atomic E-state index is 0.293. The topological polar surface area (TPSA) is 55.1 Å². The molecule has 1 aromatic heterocycles. The molecule has 0 saturated heterocycles. The molecule has 2 aromatic rings. The van der Waals surface area contributed by atoms with Crippen molar-refractivity contribution in [3.63, 3.8) is 0 Å². The fraction of sp³-hybridized carbons (Fsp3) is 0.154. The van der Waals surface area contributed by atoms with Gasteiger partial charge >= 0.3 is 0 Å². The van der Waals surface area contributed by atoms with Gasteiger partial charge in [0.15, 0.2) is 0 Å². The lowest BCUT2D eigenvalue weighted by atomic mass is 10.3. The van der Waals surface area contributed by atoms with Crippen LogP contribution in [0.2, 0.25) is 0 Å². The number of para-hydroxylation sites is 1. The van der Waals surface area contributed by atoms with Gasteiger partial charge in [0, 0.05) is 19.9 Å². The molecule has 1 aromatic carbocycles. The average molecular weight is 357 g/mol. The zero-order valence-electron chi connectivity index (χ0n) is 10.1. The lowest BCUT2D eigenvalue weighted by Gasteiger charge is -2.10. The zero-order chi connectivity index (χ0) is 13.7. The van der Waals surface area contributed by atoms with Crippen LogP contribution in [0.3, 0.4) is 0 Å². The zero-order valence-corrected chi connectivity index (χ0v) is 13.3. The Morgan fingerprint density at radius 2 is 2.16 bits per heavy atom. The molecular formula is C13H13BrN2OS2. The molecule has 100 valence electrons. The molecule has 0 unspecified atom stereocenters. The van der Waals surface area contributed by atoms with Crippen molar-refractivity contribution < 1.29 is 4.79 Å². The number of thioether (sulfide) groups is 1. The highest BCUT2D eigenvalue weighted by molar-refractivity contribution is 9.10. The third-order valence-electron chi connectivity index (χ3n) is 2.39. The second-order valence-electron chi connectivity index (χ2n) is 3.80. The number of carbonyl (C=O) groups excluding carboxylic acids is 1. The molecule has 2 rings (SSSR count). The Kier molecular flexibility index (Phi) is 5.30. The van der Waals surface area contributed by atoms with E-state index in [-0.39, 0.29) is 5.91 Å². The number of halogens is 1. The maximum atomic E-state index is 10.8. The highest BCUT2D eigenvalue weighted by atomic mass is 79.9. The van der Waals surface area contributed by atoms with Gasteiger partial charge in [-0.3, -0.25) is 4.79 Å². The summed E-state index contributed by atoms with van der Waals surface area (Å²) in [5, 5.41) is 5.44. The number of benzene rings is 1. The molecule has 0 aliphatic heterocycles. The number of carbonyl (C=O) groups is 1. The van der Waals surface area contributed by atoms with Crippen molar-refractivity contribution >= 4 is 50.6 Å². The van der Waals surface area contributed by atoms with Crippen molar-refractivity contribution in [2.24, 2.45) is 5.73 Å². The fourth-order valence-electron chi connectivity index (χ4n) is 1.51. The van der Waals surface area contributed by atoms with Crippen molar-refractivity contribution in [3.05, 3.63) is 45.1 Å². The highest BCUT2D eigenvalue weighted by Gasteiger charge is 2.06. The standard InChI is InChI=1S/C13H13BrN2OS2/c14-9-5-6-18-12(9)7-16-10-3-1-2-4-11(10)19-8-13(15)17/h1-6,16H,7-8H2,(H2,15,17). The predicted octanol–water partition coefficient (Wildman–Crippen LogP) is 3.70. The van der Waals surface area contributed by atoms with Gasteiger partial charge in [-0.15, -0.1) is 23.1 Å². The van der Waals surface area contributed by atoms with E-state index >= 15 is 0 Å². The van der Waals surface area contributed by atoms with Gasteiger partial charge < -0.3 is 11.1 Å². The van der Waals surface area contributed by atoms with Crippen molar-refractivity contribution in [2.75, 3.05) is 11.1 Å². The Bertz CT molecular complexity index is 571. The molecule has 1 heterocycles. The summed E-state index contributed by atoms with van der Waals surface area (Å²) in [4.78, 5) is 13.1. The summed E-state index contributed by atoms with van der Waals surface area (Å²) in [6.07, 6.45) is 0. The van der Waals surface area contributed by atoms with E-state index in [1.165, 1.54) is 16.6 Å². The van der Waals surface area contributed by atoms with Crippen LogP contribution >= 0.6 is 39.0 Å². The summed E-state index contributed by atoms with van der Waals surface area (Å²) in [6, 6.07) is 9.95. The summed E-state index contributed by atoms with van der Waals surface area (Å²) in [5.74, 6) is -0.0118. The number of nitrogens with two attached hydrogens (primary N) is 1. The molecule has 0 aliphatic carbocycles. The van der Waals surface area contributed by atoms with Gasteiger partial charge in [0.05, 0.1) is 12.3 Å². The lowest BCUT2D eigenvalue weighted by molar-refractivity contribution is -0.115. The Hall–Kier alpha value is -0.980. The van der Waals surface area contributed by atoms with Gasteiger partial charge in [-0.2, -0.15) is 0 Å². The number of anilines is 1. The normalized spacial score (nSPS) is 10.4. The van der Waals surface area contributed by atoms with Crippen molar-refractivity contribution in [2.45, 2.75) is 11.4 Å². The van der Waals surface area contributed by atoms with E-state index in [2.05, 4.69) is 26.6 Å². The largest absolute Gasteiger partial charge is 0.379 e. The van der Waals surface area contributed by atoms with Gasteiger partial charge in [-0.1, -0.05) is 12.1 Å². The van der Waals surface area contributed by atoms with Crippen LogP contribution < -0.4 is 11.1 Å². The molecule has 0 fully saturated rings. The smallest absolute Gasteiger partial charge is 0.227 e. The maximum Gasteiger partial charge on any atom is 0.227 e. The molecule has 19 heavy (non-hydrogen) atoms. The van der Waals surface area contributed by atoms with E-state index in [9.17, 15) is 4.79 Å². The molecule has 0 aliphatic rings. The number of hydrogen-bond donors (Lipinski definition) is 2.